The van der Waals surface area contributed by atoms with Gasteiger partial charge in [-0.15, -0.1) is 0 Å². The monoisotopic (exact) mass is 330 g/mol. The van der Waals surface area contributed by atoms with Crippen LogP contribution in [0.4, 0.5) is 0 Å². The highest BCUT2D eigenvalue weighted by Gasteiger charge is 2.33. The largest absolute Gasteiger partial charge is 0.444 e. The fourth-order valence-electron chi connectivity index (χ4n) is 1.61. The van der Waals surface area contributed by atoms with Crippen LogP contribution >= 0.6 is 15.9 Å². The highest BCUT2D eigenvalue weighted by atomic mass is 79.9. The third-order valence-electron chi connectivity index (χ3n) is 2.82. The number of hydrogen-bond acceptors (Lipinski definition) is 4. The van der Waals surface area contributed by atoms with Gasteiger partial charge in [0, 0.05) is 12.0 Å². The lowest BCUT2D eigenvalue weighted by Crippen LogP contribution is -2.50. The van der Waals surface area contributed by atoms with Crippen molar-refractivity contribution in [1.82, 2.24) is 10.6 Å². The van der Waals surface area contributed by atoms with Gasteiger partial charge in [0.2, 0.25) is 5.91 Å². The normalized spacial score (nSPS) is 16.5. The molecule has 0 aliphatic carbocycles. The quantitative estimate of drug-likeness (QED) is 0.841. The molecule has 0 atom stereocenters. The lowest BCUT2D eigenvalue weighted by molar-refractivity contribution is -0.125. The second kappa shape index (κ2) is 5.75. The first-order valence-corrected chi connectivity index (χ1v) is 6.66. The Kier molecular flexibility index (Phi) is 4.26. The first-order chi connectivity index (χ1) is 8.98. The third-order valence-corrected chi connectivity index (χ3v) is 3.25. The molecule has 0 aromatic carbocycles. The topological polar surface area (TPSA) is 80.6 Å². The lowest BCUT2D eigenvalue weighted by Gasteiger charge is -2.38. The van der Waals surface area contributed by atoms with Gasteiger partial charge in [0.15, 0.2) is 10.4 Å². The van der Waals surface area contributed by atoms with Crippen LogP contribution < -0.4 is 10.6 Å². The Balaban J connectivity index is 1.70. The number of hydrogen-bond donors (Lipinski definition) is 2. The van der Waals surface area contributed by atoms with Crippen molar-refractivity contribution in [3.8, 4) is 0 Å². The molecule has 0 unspecified atom stereocenters. The van der Waals surface area contributed by atoms with Crippen molar-refractivity contribution in [3.63, 3.8) is 0 Å². The molecular formula is C12H15BrN2O4. The number of nitrogens with one attached hydrogen (secondary N) is 2. The summed E-state index contributed by atoms with van der Waals surface area (Å²) in [5.41, 5.74) is 0.0194. The number of amides is 2. The van der Waals surface area contributed by atoms with Gasteiger partial charge in [-0.05, 0) is 28.1 Å². The molecule has 1 aromatic rings. The second-order valence-corrected chi connectivity index (χ2v) is 5.65. The van der Waals surface area contributed by atoms with Gasteiger partial charge in [-0.1, -0.05) is 6.92 Å². The maximum absolute atomic E-state index is 11.6. The van der Waals surface area contributed by atoms with Crippen molar-refractivity contribution in [3.05, 3.63) is 22.6 Å². The maximum Gasteiger partial charge on any atom is 0.287 e. The van der Waals surface area contributed by atoms with Gasteiger partial charge >= 0.3 is 0 Å². The van der Waals surface area contributed by atoms with E-state index in [1.165, 1.54) is 6.07 Å². The molecule has 0 saturated carbocycles. The number of ether oxygens (including phenoxy) is 1. The summed E-state index contributed by atoms with van der Waals surface area (Å²) in [6.07, 6.45) is 0. The van der Waals surface area contributed by atoms with E-state index in [-0.39, 0.29) is 23.6 Å². The van der Waals surface area contributed by atoms with Gasteiger partial charge in [-0.25, -0.2) is 0 Å². The Bertz CT molecular complexity index is 482. The van der Waals surface area contributed by atoms with Gasteiger partial charge in [-0.2, -0.15) is 0 Å². The highest BCUT2D eigenvalue weighted by molar-refractivity contribution is 9.10. The average Bonchev–Trinajstić information content (AvgIpc) is 2.77. The minimum Gasteiger partial charge on any atom is -0.444 e. The van der Waals surface area contributed by atoms with Gasteiger partial charge in [0.25, 0.3) is 5.91 Å². The molecule has 6 nitrogen and oxygen atoms in total. The van der Waals surface area contributed by atoms with Crippen LogP contribution in [0.2, 0.25) is 0 Å². The van der Waals surface area contributed by atoms with E-state index in [4.69, 9.17) is 9.15 Å². The zero-order valence-corrected chi connectivity index (χ0v) is 12.1. The number of furan rings is 1. The van der Waals surface area contributed by atoms with E-state index in [2.05, 4.69) is 26.6 Å². The molecule has 19 heavy (non-hydrogen) atoms. The lowest BCUT2D eigenvalue weighted by atomic mass is 9.89. The molecule has 1 fully saturated rings. The van der Waals surface area contributed by atoms with E-state index in [1.54, 1.807) is 6.07 Å². The van der Waals surface area contributed by atoms with Crippen LogP contribution in [0.5, 0.6) is 0 Å². The number of rotatable bonds is 5. The molecule has 1 aliphatic heterocycles. The second-order valence-electron chi connectivity index (χ2n) is 4.87. The van der Waals surface area contributed by atoms with Crippen molar-refractivity contribution in [2.45, 2.75) is 6.92 Å². The summed E-state index contributed by atoms with van der Waals surface area (Å²) >= 11 is 3.10. The van der Waals surface area contributed by atoms with Gasteiger partial charge in [0.1, 0.15) is 0 Å². The fraction of sp³-hybridized carbons (Fsp3) is 0.500. The zero-order valence-electron chi connectivity index (χ0n) is 10.5. The third kappa shape index (κ3) is 3.81. The maximum atomic E-state index is 11.6. The predicted octanol–water partition coefficient (Wildman–Crippen LogP) is 0.925. The summed E-state index contributed by atoms with van der Waals surface area (Å²) in [5.74, 6) is -0.481. The average molecular weight is 331 g/mol. The predicted molar refractivity (Wildman–Crippen MR) is 70.7 cm³/mol. The van der Waals surface area contributed by atoms with Crippen LogP contribution in [-0.2, 0) is 9.53 Å². The summed E-state index contributed by atoms with van der Waals surface area (Å²) in [6.45, 7) is 3.82. The Morgan fingerprint density at radius 3 is 2.63 bits per heavy atom. The summed E-state index contributed by atoms with van der Waals surface area (Å²) in [4.78, 5) is 23.2. The summed E-state index contributed by atoms with van der Waals surface area (Å²) < 4.78 is 10.6. The Morgan fingerprint density at radius 2 is 2.11 bits per heavy atom. The molecule has 2 rings (SSSR count). The standard InChI is InChI=1S/C12H15BrN2O4/c1-12(6-18-7-12)5-15-10(16)4-14-11(17)8-2-3-9(13)19-8/h2-3H,4-7H2,1H3,(H,14,17)(H,15,16). The van der Waals surface area contributed by atoms with E-state index in [9.17, 15) is 9.59 Å². The Labute approximate surface area is 119 Å². The van der Waals surface area contributed by atoms with Crippen molar-refractivity contribution >= 4 is 27.7 Å². The summed E-state index contributed by atoms with van der Waals surface area (Å²) in [7, 11) is 0. The molecule has 2 amide bonds. The van der Waals surface area contributed by atoms with Crippen LogP contribution in [0.25, 0.3) is 0 Å². The Hall–Kier alpha value is -1.34. The van der Waals surface area contributed by atoms with Gasteiger partial charge in [0.05, 0.1) is 19.8 Å². The first-order valence-electron chi connectivity index (χ1n) is 5.86. The molecule has 1 aliphatic rings. The molecule has 1 saturated heterocycles. The van der Waals surface area contributed by atoms with Crippen molar-refractivity contribution in [2.24, 2.45) is 5.41 Å². The SMILES string of the molecule is CC1(CNC(=O)CNC(=O)c2ccc(Br)o2)COC1. The van der Waals surface area contributed by atoms with Crippen LogP contribution in [0.15, 0.2) is 21.2 Å². The zero-order chi connectivity index (χ0) is 13.9. The van der Waals surface area contributed by atoms with E-state index in [0.717, 1.165) is 0 Å². The number of carbonyl (C=O) groups is 2. The van der Waals surface area contributed by atoms with Crippen molar-refractivity contribution in [1.29, 1.82) is 0 Å². The molecule has 2 heterocycles. The fourth-order valence-corrected chi connectivity index (χ4v) is 1.92. The van der Waals surface area contributed by atoms with Crippen LogP contribution in [0.3, 0.4) is 0 Å². The molecule has 1 aromatic heterocycles. The molecule has 0 radical (unpaired) electrons. The van der Waals surface area contributed by atoms with Crippen LogP contribution in [0.1, 0.15) is 17.5 Å². The van der Waals surface area contributed by atoms with Gasteiger partial charge in [-0.3, -0.25) is 9.59 Å². The first kappa shape index (κ1) is 14.1. The molecule has 104 valence electrons. The van der Waals surface area contributed by atoms with E-state index in [0.29, 0.717) is 24.4 Å². The highest BCUT2D eigenvalue weighted by Crippen LogP contribution is 2.24. The van der Waals surface area contributed by atoms with E-state index < -0.39 is 5.91 Å². The van der Waals surface area contributed by atoms with Crippen LogP contribution in [-0.4, -0.2) is 38.1 Å². The van der Waals surface area contributed by atoms with Crippen LogP contribution in [0, 0.1) is 5.41 Å². The minimum absolute atomic E-state index is 0.0194. The minimum atomic E-state index is -0.418. The van der Waals surface area contributed by atoms with E-state index >= 15 is 0 Å². The van der Waals surface area contributed by atoms with Crippen molar-refractivity contribution in [2.75, 3.05) is 26.3 Å². The smallest absolute Gasteiger partial charge is 0.287 e. The molecule has 0 bridgehead atoms. The number of carbonyl (C=O) groups excluding carboxylic acids is 2. The summed E-state index contributed by atoms with van der Waals surface area (Å²) in [6, 6.07) is 3.15. The van der Waals surface area contributed by atoms with Gasteiger partial charge < -0.3 is 19.8 Å². The van der Waals surface area contributed by atoms with E-state index in [1.807, 2.05) is 6.92 Å². The molecule has 0 spiro atoms. The molecule has 2 N–H and O–H groups in total. The summed E-state index contributed by atoms with van der Waals surface area (Å²) in [5, 5.41) is 5.25. The Morgan fingerprint density at radius 1 is 1.37 bits per heavy atom. The molecular weight excluding hydrogens is 316 g/mol. The molecule has 7 heteroatoms. The number of halogens is 1. The van der Waals surface area contributed by atoms with Crippen molar-refractivity contribution < 1.29 is 18.7 Å².